The number of benzene rings is 1. The van der Waals surface area contributed by atoms with Crippen molar-refractivity contribution in [2.45, 2.75) is 64.0 Å². The van der Waals surface area contributed by atoms with E-state index in [1.54, 1.807) is 18.3 Å². The van der Waals surface area contributed by atoms with Crippen molar-refractivity contribution < 1.29 is 14.6 Å². The molecule has 0 spiro atoms. The van der Waals surface area contributed by atoms with Gasteiger partial charge in [-0.25, -0.2) is 0 Å². The number of ketones is 1. The summed E-state index contributed by atoms with van der Waals surface area (Å²) in [6.07, 6.45) is 10.1. The van der Waals surface area contributed by atoms with E-state index >= 15 is 0 Å². The van der Waals surface area contributed by atoms with Crippen molar-refractivity contribution in [3.05, 3.63) is 46.4 Å². The van der Waals surface area contributed by atoms with E-state index in [2.05, 4.69) is 0 Å². The fourth-order valence-corrected chi connectivity index (χ4v) is 4.30. The van der Waals surface area contributed by atoms with Gasteiger partial charge < -0.3 is 14.4 Å². The molecule has 1 N–H and O–H groups in total. The van der Waals surface area contributed by atoms with Crippen LogP contribution in [0, 0.1) is 5.92 Å². The van der Waals surface area contributed by atoms with Crippen LogP contribution in [0.1, 0.15) is 61.7 Å². The summed E-state index contributed by atoms with van der Waals surface area (Å²) in [6.45, 7) is 0.340. The predicted molar refractivity (Wildman–Crippen MR) is 111 cm³/mol. The van der Waals surface area contributed by atoms with Gasteiger partial charge in [0.2, 0.25) is 0 Å². The number of methoxy groups -OCH3 is 1. The number of aliphatic hydroxyl groups excluding tert-OH is 1. The summed E-state index contributed by atoms with van der Waals surface area (Å²) in [4.78, 5) is 25.7. The van der Waals surface area contributed by atoms with Crippen LogP contribution in [0.3, 0.4) is 0 Å². The molecule has 1 aliphatic rings. The van der Waals surface area contributed by atoms with Gasteiger partial charge in [-0.2, -0.15) is 0 Å². The van der Waals surface area contributed by atoms with Gasteiger partial charge in [0.25, 0.3) is 5.56 Å². The van der Waals surface area contributed by atoms with E-state index in [4.69, 9.17) is 4.74 Å². The second kappa shape index (κ2) is 9.99. The van der Waals surface area contributed by atoms with Gasteiger partial charge in [-0.1, -0.05) is 50.7 Å². The zero-order valence-electron chi connectivity index (χ0n) is 16.7. The zero-order valence-corrected chi connectivity index (χ0v) is 16.7. The molecule has 1 aromatic carbocycles. The Morgan fingerprint density at radius 1 is 1.18 bits per heavy atom. The summed E-state index contributed by atoms with van der Waals surface area (Å²) < 4.78 is 6.41. The molecule has 1 unspecified atom stereocenters. The summed E-state index contributed by atoms with van der Waals surface area (Å²) in [5.74, 6) is 0.771. The largest absolute Gasteiger partial charge is 0.389 e. The second-order valence-electron chi connectivity index (χ2n) is 7.97. The van der Waals surface area contributed by atoms with Gasteiger partial charge in [0.1, 0.15) is 0 Å². The second-order valence-corrected chi connectivity index (χ2v) is 7.97. The third kappa shape index (κ3) is 5.09. The van der Waals surface area contributed by atoms with Gasteiger partial charge in [0.15, 0.2) is 5.78 Å². The van der Waals surface area contributed by atoms with Gasteiger partial charge in [-0.3, -0.25) is 9.59 Å². The topological polar surface area (TPSA) is 68.5 Å². The molecule has 0 bridgehead atoms. The highest BCUT2D eigenvalue weighted by atomic mass is 16.5. The molecule has 2 aromatic rings. The molecule has 152 valence electrons. The highest BCUT2D eigenvalue weighted by molar-refractivity contribution is 6.07. The summed E-state index contributed by atoms with van der Waals surface area (Å²) in [5.41, 5.74) is 0.443. The highest BCUT2D eigenvalue weighted by Gasteiger charge is 2.17. The molecular formula is C23H31NO4. The third-order valence-electron chi connectivity index (χ3n) is 5.84. The van der Waals surface area contributed by atoms with Crippen LogP contribution in [0.15, 0.2) is 35.3 Å². The fourth-order valence-electron chi connectivity index (χ4n) is 4.30. The molecule has 5 heteroatoms. The number of aromatic nitrogens is 1. The summed E-state index contributed by atoms with van der Waals surface area (Å²) in [7, 11) is 1.51. The molecule has 28 heavy (non-hydrogen) atoms. The van der Waals surface area contributed by atoms with Crippen molar-refractivity contribution in [3.63, 3.8) is 0 Å². The first-order chi connectivity index (χ1) is 13.6. The molecule has 1 atom stereocenters. The number of ether oxygens (including phenoxy) is 1. The predicted octanol–water partition coefficient (Wildman–Crippen LogP) is 3.94. The molecule has 1 aliphatic carbocycles. The van der Waals surface area contributed by atoms with Crippen molar-refractivity contribution in [3.8, 4) is 0 Å². The van der Waals surface area contributed by atoms with Crippen LogP contribution >= 0.6 is 0 Å². The Kier molecular flexibility index (Phi) is 7.40. The number of fused-ring (bicyclic) bond motifs is 1. The molecule has 1 heterocycles. The molecule has 0 radical (unpaired) electrons. The van der Waals surface area contributed by atoms with Crippen LogP contribution in [0.4, 0.5) is 0 Å². The lowest BCUT2D eigenvalue weighted by Crippen LogP contribution is -2.28. The Hall–Kier alpha value is -1.98. The van der Waals surface area contributed by atoms with Gasteiger partial charge in [-0.15, -0.1) is 0 Å². The van der Waals surface area contributed by atoms with Crippen molar-refractivity contribution in [2.24, 2.45) is 5.92 Å². The smallest absolute Gasteiger partial charge is 0.258 e. The van der Waals surface area contributed by atoms with E-state index in [1.807, 2.05) is 12.1 Å². The number of nitrogens with zero attached hydrogens (tertiary/aromatic N) is 1. The highest BCUT2D eigenvalue weighted by Crippen LogP contribution is 2.27. The maximum absolute atomic E-state index is 12.9. The Morgan fingerprint density at radius 2 is 1.93 bits per heavy atom. The lowest BCUT2D eigenvalue weighted by atomic mass is 9.91. The maximum atomic E-state index is 12.9. The molecule has 0 aliphatic heterocycles. The van der Waals surface area contributed by atoms with Crippen LogP contribution in [0.2, 0.25) is 0 Å². The molecule has 0 saturated heterocycles. The fraction of sp³-hybridized carbons (Fsp3) is 0.565. The van der Waals surface area contributed by atoms with Crippen LogP contribution in [0.25, 0.3) is 10.8 Å². The van der Waals surface area contributed by atoms with Crippen molar-refractivity contribution in [2.75, 3.05) is 13.7 Å². The summed E-state index contributed by atoms with van der Waals surface area (Å²) in [6, 6.07) is 7.16. The monoisotopic (exact) mass is 385 g/mol. The Bertz CT molecular complexity index is 849. The number of Topliss-reactive ketones (excluding diaryl/α,β-unsaturated/α-hetero) is 1. The summed E-state index contributed by atoms with van der Waals surface area (Å²) in [5, 5.41) is 11.1. The molecule has 3 rings (SSSR count). The molecule has 0 amide bonds. The standard InChI is InChI=1S/C23H31NO4/c1-28-16-18(25)15-24-14-13-19-20(9-6-10-21(19)23(24)27)22(26)12-11-17-7-4-2-3-5-8-17/h6,9-10,13-14,17-18,25H,2-5,7-8,11-12,15-16H2,1H3. The number of hydrogen-bond acceptors (Lipinski definition) is 4. The zero-order chi connectivity index (χ0) is 19.9. The third-order valence-corrected chi connectivity index (χ3v) is 5.84. The normalized spacial score (nSPS) is 16.8. The Morgan fingerprint density at radius 3 is 2.64 bits per heavy atom. The number of rotatable bonds is 8. The van der Waals surface area contributed by atoms with Crippen LogP contribution in [-0.2, 0) is 11.3 Å². The SMILES string of the molecule is COCC(O)Cn1ccc2c(C(=O)CCC3CCCCCC3)cccc2c1=O. The lowest BCUT2D eigenvalue weighted by molar-refractivity contribution is 0.0531. The van der Waals surface area contributed by atoms with Crippen molar-refractivity contribution in [1.82, 2.24) is 4.57 Å². The van der Waals surface area contributed by atoms with E-state index in [0.29, 0.717) is 28.7 Å². The Balaban J connectivity index is 1.77. The number of hydrogen-bond donors (Lipinski definition) is 1. The molecular weight excluding hydrogens is 354 g/mol. The molecule has 5 nitrogen and oxygen atoms in total. The van der Waals surface area contributed by atoms with E-state index in [9.17, 15) is 14.7 Å². The van der Waals surface area contributed by atoms with Crippen LogP contribution in [0.5, 0.6) is 0 Å². The van der Waals surface area contributed by atoms with E-state index < -0.39 is 6.10 Å². The minimum absolute atomic E-state index is 0.117. The number of pyridine rings is 1. The first kappa shape index (κ1) is 20.7. The summed E-state index contributed by atoms with van der Waals surface area (Å²) >= 11 is 0. The lowest BCUT2D eigenvalue weighted by Gasteiger charge is -2.15. The Labute approximate surface area is 166 Å². The molecule has 1 aromatic heterocycles. The van der Waals surface area contributed by atoms with Gasteiger partial charge in [0, 0.05) is 30.7 Å². The number of aliphatic hydroxyl groups is 1. The van der Waals surface area contributed by atoms with E-state index in [0.717, 1.165) is 6.42 Å². The minimum atomic E-state index is -0.746. The van der Waals surface area contributed by atoms with Crippen molar-refractivity contribution >= 4 is 16.6 Å². The number of carbonyl (C=O) groups excluding carboxylic acids is 1. The van der Waals surface area contributed by atoms with Gasteiger partial charge in [0.05, 0.1) is 19.3 Å². The first-order valence-electron chi connectivity index (χ1n) is 10.4. The van der Waals surface area contributed by atoms with E-state index in [1.165, 1.54) is 50.2 Å². The van der Waals surface area contributed by atoms with Crippen LogP contribution in [-0.4, -0.2) is 35.3 Å². The molecule has 1 fully saturated rings. The quantitative estimate of drug-likeness (QED) is 0.552. The average molecular weight is 386 g/mol. The minimum Gasteiger partial charge on any atom is -0.389 e. The van der Waals surface area contributed by atoms with Gasteiger partial charge >= 0.3 is 0 Å². The number of carbonyl (C=O) groups is 1. The first-order valence-corrected chi connectivity index (χ1v) is 10.4. The van der Waals surface area contributed by atoms with Gasteiger partial charge in [-0.05, 0) is 29.9 Å². The average Bonchev–Trinajstić information content (AvgIpc) is 2.97. The van der Waals surface area contributed by atoms with Crippen molar-refractivity contribution in [1.29, 1.82) is 0 Å². The maximum Gasteiger partial charge on any atom is 0.258 e. The van der Waals surface area contributed by atoms with E-state index in [-0.39, 0.29) is 24.5 Å². The molecule has 1 saturated carbocycles. The van der Waals surface area contributed by atoms with Crippen LogP contribution < -0.4 is 5.56 Å².